The Hall–Kier alpha value is -2.60. The standard InChI is InChI=1S/C35H49NO2/c1-4-6-7-8-9-10-11-12-13-14-28-15-17-29(18-16-28)30-19-21-31(22-20-30)32-23-25-33(26-24-32)38-34(37)35(3,5-2)27-36/h19-26,28-29H,4-18H2,1-3H3. The van der Waals surface area contributed by atoms with Crippen molar-refractivity contribution >= 4 is 5.97 Å². The predicted molar refractivity (Wildman–Crippen MR) is 158 cm³/mol. The van der Waals surface area contributed by atoms with Crippen molar-refractivity contribution in [2.45, 2.75) is 123 Å². The number of carbonyl (C=O) groups is 1. The molecule has 2 aromatic rings. The molecule has 0 spiro atoms. The zero-order valence-electron chi connectivity index (χ0n) is 24.1. The summed E-state index contributed by atoms with van der Waals surface area (Å²) < 4.78 is 5.46. The van der Waals surface area contributed by atoms with Gasteiger partial charge in [-0.25, -0.2) is 4.79 Å². The lowest BCUT2D eigenvalue weighted by atomic mass is 9.77. The minimum Gasteiger partial charge on any atom is -0.425 e. The molecule has 0 bridgehead atoms. The molecule has 2 aromatic carbocycles. The number of ether oxygens (including phenoxy) is 1. The summed E-state index contributed by atoms with van der Waals surface area (Å²) in [5, 5.41) is 9.29. The Labute approximate surface area is 232 Å². The lowest BCUT2D eigenvalue weighted by molar-refractivity contribution is -0.141. The summed E-state index contributed by atoms with van der Waals surface area (Å²) in [7, 11) is 0. The van der Waals surface area contributed by atoms with E-state index in [1.165, 1.54) is 101 Å². The first-order valence-electron chi connectivity index (χ1n) is 15.3. The van der Waals surface area contributed by atoms with Crippen molar-refractivity contribution < 1.29 is 9.53 Å². The number of esters is 1. The number of rotatable bonds is 15. The predicted octanol–water partition coefficient (Wildman–Crippen LogP) is 10.4. The Kier molecular flexibility index (Phi) is 12.4. The van der Waals surface area contributed by atoms with Crippen molar-refractivity contribution in [1.82, 2.24) is 0 Å². The quantitative estimate of drug-likeness (QED) is 0.135. The van der Waals surface area contributed by atoms with Crippen molar-refractivity contribution in [1.29, 1.82) is 5.26 Å². The van der Waals surface area contributed by atoms with E-state index in [0.717, 1.165) is 11.5 Å². The summed E-state index contributed by atoms with van der Waals surface area (Å²) in [6.07, 6.45) is 20.0. The van der Waals surface area contributed by atoms with E-state index in [4.69, 9.17) is 4.74 Å². The normalized spacial score (nSPS) is 18.9. The Morgan fingerprint density at radius 2 is 1.34 bits per heavy atom. The maximum atomic E-state index is 12.3. The van der Waals surface area contributed by atoms with Crippen LogP contribution in [0.5, 0.6) is 5.75 Å². The van der Waals surface area contributed by atoms with Crippen LogP contribution >= 0.6 is 0 Å². The van der Waals surface area contributed by atoms with Crippen molar-refractivity contribution in [2.75, 3.05) is 0 Å². The molecule has 3 heteroatoms. The number of benzene rings is 2. The van der Waals surface area contributed by atoms with Gasteiger partial charge in [-0.3, -0.25) is 0 Å². The fourth-order valence-electron chi connectivity index (χ4n) is 5.68. The highest BCUT2D eigenvalue weighted by Gasteiger charge is 2.33. The fourth-order valence-corrected chi connectivity index (χ4v) is 5.68. The molecule has 1 unspecified atom stereocenters. The molecular formula is C35H49NO2. The molecule has 0 heterocycles. The average Bonchev–Trinajstić information content (AvgIpc) is 2.96. The lowest BCUT2D eigenvalue weighted by Crippen LogP contribution is -2.29. The molecule has 3 rings (SSSR count). The van der Waals surface area contributed by atoms with Crippen molar-refractivity contribution in [3.8, 4) is 22.9 Å². The van der Waals surface area contributed by atoms with Crippen LogP contribution in [-0.2, 0) is 4.79 Å². The Balaban J connectivity index is 1.39. The highest BCUT2D eigenvalue weighted by atomic mass is 16.5. The smallest absolute Gasteiger partial charge is 0.331 e. The van der Waals surface area contributed by atoms with Crippen LogP contribution < -0.4 is 4.74 Å². The highest BCUT2D eigenvalue weighted by molar-refractivity contribution is 5.81. The van der Waals surface area contributed by atoms with Crippen LogP contribution in [0, 0.1) is 22.7 Å². The first-order valence-corrected chi connectivity index (χ1v) is 15.3. The summed E-state index contributed by atoms with van der Waals surface area (Å²) in [4.78, 5) is 12.3. The molecule has 38 heavy (non-hydrogen) atoms. The minimum absolute atomic E-state index is 0.424. The van der Waals surface area contributed by atoms with Crippen LogP contribution in [0.25, 0.3) is 11.1 Å². The first-order chi connectivity index (χ1) is 18.5. The van der Waals surface area contributed by atoms with Crippen molar-refractivity contribution in [3.05, 3.63) is 54.1 Å². The van der Waals surface area contributed by atoms with Crippen LogP contribution in [0.4, 0.5) is 0 Å². The van der Waals surface area contributed by atoms with Gasteiger partial charge in [0, 0.05) is 0 Å². The van der Waals surface area contributed by atoms with Gasteiger partial charge in [0.15, 0.2) is 5.41 Å². The van der Waals surface area contributed by atoms with Gasteiger partial charge in [-0.2, -0.15) is 5.26 Å². The summed E-state index contributed by atoms with van der Waals surface area (Å²) in [5.74, 6) is 1.61. The van der Waals surface area contributed by atoms with Crippen molar-refractivity contribution in [3.63, 3.8) is 0 Å². The van der Waals surface area contributed by atoms with Gasteiger partial charge < -0.3 is 4.74 Å². The van der Waals surface area contributed by atoms with Gasteiger partial charge in [-0.1, -0.05) is 114 Å². The third-order valence-corrected chi connectivity index (χ3v) is 8.75. The van der Waals surface area contributed by atoms with E-state index >= 15 is 0 Å². The third-order valence-electron chi connectivity index (χ3n) is 8.75. The van der Waals surface area contributed by atoms with Crippen LogP contribution in [0.3, 0.4) is 0 Å². The maximum absolute atomic E-state index is 12.3. The fraction of sp³-hybridized carbons (Fsp3) is 0.600. The van der Waals surface area contributed by atoms with Gasteiger partial charge in [0.05, 0.1) is 6.07 Å². The molecular weight excluding hydrogens is 466 g/mol. The van der Waals surface area contributed by atoms with Crippen LogP contribution in [0.2, 0.25) is 0 Å². The molecule has 0 aliphatic heterocycles. The molecule has 0 radical (unpaired) electrons. The molecule has 206 valence electrons. The third kappa shape index (κ3) is 9.00. The molecule has 1 aliphatic carbocycles. The van der Waals surface area contributed by atoms with Gasteiger partial charge in [0.25, 0.3) is 0 Å². The largest absolute Gasteiger partial charge is 0.425 e. The Bertz CT molecular complexity index is 996. The minimum atomic E-state index is -1.11. The summed E-state index contributed by atoms with van der Waals surface area (Å²) in [6, 6.07) is 18.7. The van der Waals surface area contributed by atoms with E-state index in [1.807, 2.05) is 31.2 Å². The maximum Gasteiger partial charge on any atom is 0.331 e. The second kappa shape index (κ2) is 15.7. The number of nitriles is 1. The number of nitrogens with zero attached hydrogens (tertiary/aromatic N) is 1. The zero-order valence-corrected chi connectivity index (χ0v) is 24.1. The summed E-state index contributed by atoms with van der Waals surface area (Å²) >= 11 is 0. The van der Waals surface area contributed by atoms with E-state index in [1.54, 1.807) is 6.92 Å². The van der Waals surface area contributed by atoms with E-state index in [9.17, 15) is 10.1 Å². The van der Waals surface area contributed by atoms with E-state index < -0.39 is 11.4 Å². The van der Waals surface area contributed by atoms with Crippen LogP contribution in [-0.4, -0.2) is 5.97 Å². The van der Waals surface area contributed by atoms with Gasteiger partial charge in [0.2, 0.25) is 0 Å². The molecule has 3 nitrogen and oxygen atoms in total. The second-order valence-corrected chi connectivity index (χ2v) is 11.7. The topological polar surface area (TPSA) is 50.1 Å². The number of unbranched alkanes of at least 4 members (excludes halogenated alkanes) is 8. The Morgan fingerprint density at radius 1 is 0.816 bits per heavy atom. The molecule has 1 saturated carbocycles. The number of hydrogen-bond donors (Lipinski definition) is 0. The van der Waals surface area contributed by atoms with Crippen LogP contribution in [0.1, 0.15) is 129 Å². The van der Waals surface area contributed by atoms with Gasteiger partial charge in [-0.15, -0.1) is 0 Å². The molecule has 1 atom stereocenters. The van der Waals surface area contributed by atoms with Gasteiger partial charge >= 0.3 is 5.97 Å². The van der Waals surface area contributed by atoms with Gasteiger partial charge in [0.1, 0.15) is 5.75 Å². The molecule has 1 aliphatic rings. The van der Waals surface area contributed by atoms with Crippen LogP contribution in [0.15, 0.2) is 48.5 Å². The average molecular weight is 516 g/mol. The number of hydrogen-bond acceptors (Lipinski definition) is 3. The highest BCUT2D eigenvalue weighted by Crippen LogP contribution is 2.38. The number of carbonyl (C=O) groups excluding carboxylic acids is 1. The molecule has 0 amide bonds. The van der Waals surface area contributed by atoms with E-state index in [0.29, 0.717) is 18.1 Å². The zero-order chi connectivity index (χ0) is 27.2. The van der Waals surface area contributed by atoms with Gasteiger partial charge in [-0.05, 0) is 79.7 Å². The molecule has 1 fully saturated rings. The summed E-state index contributed by atoms with van der Waals surface area (Å²) in [6.45, 7) is 5.73. The monoisotopic (exact) mass is 515 g/mol. The van der Waals surface area contributed by atoms with Crippen molar-refractivity contribution in [2.24, 2.45) is 11.3 Å². The second-order valence-electron chi connectivity index (χ2n) is 11.7. The lowest BCUT2D eigenvalue weighted by Gasteiger charge is -2.29. The SMILES string of the molecule is CCCCCCCCCCCC1CCC(c2ccc(-c3ccc(OC(=O)C(C)(C#N)CC)cc3)cc2)CC1. The first kappa shape index (κ1) is 29.9. The Morgan fingerprint density at radius 3 is 1.87 bits per heavy atom. The molecule has 0 saturated heterocycles. The van der Waals surface area contributed by atoms with E-state index in [-0.39, 0.29) is 0 Å². The molecule has 0 aromatic heterocycles. The van der Waals surface area contributed by atoms with E-state index in [2.05, 4.69) is 37.3 Å². The molecule has 0 N–H and O–H groups in total. The summed E-state index contributed by atoms with van der Waals surface area (Å²) in [5.41, 5.74) is 2.62.